The number of hydrogen-bond acceptors (Lipinski definition) is 6. The van der Waals surface area contributed by atoms with Crippen molar-refractivity contribution in [2.75, 3.05) is 6.61 Å². The van der Waals surface area contributed by atoms with Crippen LogP contribution in [-0.4, -0.2) is 38.8 Å². The standard InChI is InChI=1S/C13H25N5O2/c1-5-8-18-11(15-16-17-18)9-14-12(10(4)6-2)13(19)20-7-3/h10,12,14H,5-9H2,1-4H3/t10-,12-/m0/s1. The normalized spacial score (nSPS) is 14.0. The number of hydrogen-bond donors (Lipinski definition) is 1. The van der Waals surface area contributed by atoms with Crippen LogP contribution in [0.2, 0.25) is 0 Å². The zero-order chi connectivity index (χ0) is 15.0. The molecular weight excluding hydrogens is 258 g/mol. The average molecular weight is 283 g/mol. The first-order valence-electron chi connectivity index (χ1n) is 7.29. The van der Waals surface area contributed by atoms with Crippen LogP contribution in [0.5, 0.6) is 0 Å². The Kier molecular flexibility index (Phi) is 7.14. The van der Waals surface area contributed by atoms with Crippen LogP contribution in [0.4, 0.5) is 0 Å². The molecule has 114 valence electrons. The number of aromatic nitrogens is 4. The summed E-state index contributed by atoms with van der Waals surface area (Å²) in [5.41, 5.74) is 0. The third kappa shape index (κ3) is 4.56. The summed E-state index contributed by atoms with van der Waals surface area (Å²) in [6, 6.07) is -0.327. The van der Waals surface area contributed by atoms with Crippen molar-refractivity contribution in [3.63, 3.8) is 0 Å². The van der Waals surface area contributed by atoms with Gasteiger partial charge in [-0.15, -0.1) is 5.10 Å². The van der Waals surface area contributed by atoms with E-state index in [1.807, 2.05) is 13.8 Å². The summed E-state index contributed by atoms with van der Waals surface area (Å²) >= 11 is 0. The minimum absolute atomic E-state index is 0.199. The topological polar surface area (TPSA) is 81.9 Å². The van der Waals surface area contributed by atoms with Crippen LogP contribution < -0.4 is 5.32 Å². The number of tetrazole rings is 1. The molecule has 0 unspecified atom stereocenters. The highest BCUT2D eigenvalue weighted by Crippen LogP contribution is 2.10. The molecule has 0 fully saturated rings. The van der Waals surface area contributed by atoms with Crippen molar-refractivity contribution in [1.29, 1.82) is 0 Å². The molecule has 1 rings (SSSR count). The predicted octanol–water partition coefficient (Wildman–Crippen LogP) is 1.15. The van der Waals surface area contributed by atoms with E-state index in [0.29, 0.717) is 13.2 Å². The molecule has 0 saturated carbocycles. The van der Waals surface area contributed by atoms with Gasteiger partial charge in [-0.25, -0.2) is 4.68 Å². The fourth-order valence-electron chi connectivity index (χ4n) is 1.92. The van der Waals surface area contributed by atoms with E-state index in [1.165, 1.54) is 0 Å². The Morgan fingerprint density at radius 1 is 1.40 bits per heavy atom. The molecule has 7 nitrogen and oxygen atoms in total. The van der Waals surface area contributed by atoms with Crippen molar-refractivity contribution in [3.05, 3.63) is 5.82 Å². The van der Waals surface area contributed by atoms with Crippen molar-refractivity contribution in [2.45, 2.75) is 59.7 Å². The fourth-order valence-corrected chi connectivity index (χ4v) is 1.92. The Morgan fingerprint density at radius 2 is 2.15 bits per heavy atom. The van der Waals surface area contributed by atoms with E-state index in [2.05, 4.69) is 34.7 Å². The van der Waals surface area contributed by atoms with Gasteiger partial charge in [0.15, 0.2) is 5.82 Å². The molecule has 1 aromatic heterocycles. The van der Waals surface area contributed by atoms with Gasteiger partial charge in [0.1, 0.15) is 6.04 Å². The predicted molar refractivity (Wildman–Crippen MR) is 74.8 cm³/mol. The van der Waals surface area contributed by atoms with Crippen LogP contribution >= 0.6 is 0 Å². The first-order valence-corrected chi connectivity index (χ1v) is 7.29. The summed E-state index contributed by atoms with van der Waals surface area (Å²) in [5, 5.41) is 14.8. The number of aryl methyl sites for hydroxylation is 1. The highest BCUT2D eigenvalue weighted by molar-refractivity contribution is 5.76. The summed E-state index contributed by atoms with van der Waals surface area (Å²) in [7, 11) is 0. The minimum Gasteiger partial charge on any atom is -0.465 e. The van der Waals surface area contributed by atoms with E-state index in [4.69, 9.17) is 4.74 Å². The summed E-state index contributed by atoms with van der Waals surface area (Å²) in [6.45, 7) is 9.59. The quantitative estimate of drug-likeness (QED) is 0.685. The lowest BCUT2D eigenvalue weighted by molar-refractivity contribution is -0.147. The van der Waals surface area contributed by atoms with Gasteiger partial charge in [-0.3, -0.25) is 10.1 Å². The summed E-state index contributed by atoms with van der Waals surface area (Å²) in [5.74, 6) is 0.727. The SMILES string of the molecule is CCCn1nnnc1CN[C@H](C(=O)OCC)[C@@H](C)CC. The van der Waals surface area contributed by atoms with E-state index in [1.54, 1.807) is 4.68 Å². The number of nitrogens with one attached hydrogen (secondary N) is 1. The summed E-state index contributed by atoms with van der Waals surface area (Å²) < 4.78 is 6.87. The molecule has 0 aromatic carbocycles. The van der Waals surface area contributed by atoms with Crippen molar-refractivity contribution in [2.24, 2.45) is 5.92 Å². The smallest absolute Gasteiger partial charge is 0.323 e. The van der Waals surface area contributed by atoms with Gasteiger partial charge < -0.3 is 4.74 Å². The average Bonchev–Trinajstić information content (AvgIpc) is 2.87. The Balaban J connectivity index is 2.65. The molecule has 0 bridgehead atoms. The van der Waals surface area contributed by atoms with Crippen molar-refractivity contribution < 1.29 is 9.53 Å². The minimum atomic E-state index is -0.327. The van der Waals surface area contributed by atoms with Crippen molar-refractivity contribution >= 4 is 5.97 Å². The van der Waals surface area contributed by atoms with Crippen LogP contribution in [0.15, 0.2) is 0 Å². The van der Waals surface area contributed by atoms with E-state index in [-0.39, 0.29) is 17.9 Å². The van der Waals surface area contributed by atoms with Gasteiger partial charge >= 0.3 is 5.97 Å². The number of ether oxygens (including phenoxy) is 1. The third-order valence-electron chi connectivity index (χ3n) is 3.28. The number of esters is 1. The van der Waals surface area contributed by atoms with Gasteiger partial charge in [-0.2, -0.15) is 0 Å². The zero-order valence-electron chi connectivity index (χ0n) is 12.8. The first-order chi connectivity index (χ1) is 9.63. The van der Waals surface area contributed by atoms with Crippen LogP contribution in [0.25, 0.3) is 0 Å². The highest BCUT2D eigenvalue weighted by Gasteiger charge is 2.25. The van der Waals surface area contributed by atoms with Gasteiger partial charge in [0, 0.05) is 6.54 Å². The Labute approximate surface area is 120 Å². The Morgan fingerprint density at radius 3 is 2.75 bits per heavy atom. The second kappa shape index (κ2) is 8.63. The lowest BCUT2D eigenvalue weighted by atomic mass is 9.99. The van der Waals surface area contributed by atoms with Crippen LogP contribution in [-0.2, 0) is 22.6 Å². The van der Waals surface area contributed by atoms with E-state index in [9.17, 15) is 4.79 Å². The van der Waals surface area contributed by atoms with Crippen molar-refractivity contribution in [3.8, 4) is 0 Å². The molecule has 0 aliphatic rings. The van der Waals surface area contributed by atoms with Gasteiger partial charge in [0.2, 0.25) is 0 Å². The molecule has 0 aliphatic heterocycles. The van der Waals surface area contributed by atoms with E-state index in [0.717, 1.165) is 25.2 Å². The van der Waals surface area contributed by atoms with Gasteiger partial charge in [-0.05, 0) is 29.7 Å². The molecule has 1 N–H and O–H groups in total. The third-order valence-corrected chi connectivity index (χ3v) is 3.28. The molecule has 1 heterocycles. The molecule has 0 spiro atoms. The number of rotatable bonds is 9. The number of nitrogens with zero attached hydrogens (tertiary/aromatic N) is 4. The van der Waals surface area contributed by atoms with E-state index >= 15 is 0 Å². The molecular formula is C13H25N5O2. The maximum absolute atomic E-state index is 12.0. The van der Waals surface area contributed by atoms with Crippen LogP contribution in [0.3, 0.4) is 0 Å². The maximum atomic E-state index is 12.0. The van der Waals surface area contributed by atoms with Crippen LogP contribution in [0, 0.1) is 5.92 Å². The largest absolute Gasteiger partial charge is 0.465 e. The molecule has 0 saturated heterocycles. The Bertz CT molecular complexity index is 407. The molecule has 1 aromatic rings. The molecule has 0 aliphatic carbocycles. The molecule has 0 amide bonds. The zero-order valence-corrected chi connectivity index (χ0v) is 12.8. The lowest BCUT2D eigenvalue weighted by Crippen LogP contribution is -2.43. The highest BCUT2D eigenvalue weighted by atomic mass is 16.5. The molecule has 20 heavy (non-hydrogen) atoms. The molecule has 7 heteroatoms. The van der Waals surface area contributed by atoms with Gasteiger partial charge in [0.05, 0.1) is 13.2 Å². The van der Waals surface area contributed by atoms with Gasteiger partial charge in [0.25, 0.3) is 0 Å². The molecule has 0 radical (unpaired) electrons. The number of carbonyl (C=O) groups is 1. The second-order valence-electron chi connectivity index (χ2n) is 4.81. The van der Waals surface area contributed by atoms with Crippen molar-refractivity contribution in [1.82, 2.24) is 25.5 Å². The second-order valence-corrected chi connectivity index (χ2v) is 4.81. The monoisotopic (exact) mass is 283 g/mol. The molecule has 2 atom stereocenters. The van der Waals surface area contributed by atoms with E-state index < -0.39 is 0 Å². The summed E-state index contributed by atoms with van der Waals surface area (Å²) in [6.07, 6.45) is 1.86. The fraction of sp³-hybridized carbons (Fsp3) is 0.846. The Hall–Kier alpha value is -1.50. The van der Waals surface area contributed by atoms with Crippen LogP contribution in [0.1, 0.15) is 46.4 Å². The lowest BCUT2D eigenvalue weighted by Gasteiger charge is -2.22. The first kappa shape index (κ1) is 16.6. The number of carbonyl (C=O) groups excluding carboxylic acids is 1. The van der Waals surface area contributed by atoms with Gasteiger partial charge in [-0.1, -0.05) is 27.2 Å². The summed E-state index contributed by atoms with van der Waals surface area (Å²) in [4.78, 5) is 12.0. The maximum Gasteiger partial charge on any atom is 0.323 e.